The highest BCUT2D eigenvalue weighted by molar-refractivity contribution is 7.86. The molecule has 2 aromatic rings. The predicted molar refractivity (Wildman–Crippen MR) is 147 cm³/mol. The van der Waals surface area contributed by atoms with Crippen LogP contribution < -0.4 is 4.90 Å². The minimum absolute atomic E-state index is 0.130. The van der Waals surface area contributed by atoms with Crippen LogP contribution in [0, 0.1) is 0 Å². The second-order valence-electron chi connectivity index (χ2n) is 10.5. The Morgan fingerprint density at radius 3 is 2.16 bits per heavy atom. The number of nitrogens with zero attached hydrogens (tertiary/aromatic N) is 2. The fraction of sp³-hybridized carbons (Fsp3) is 0.321. The molecule has 1 N–H and O–H groups in total. The van der Waals surface area contributed by atoms with Gasteiger partial charge in [0.15, 0.2) is 5.71 Å². The first-order valence-corrected chi connectivity index (χ1v) is 15.0. The van der Waals surface area contributed by atoms with E-state index in [9.17, 15) is 25.9 Å². The van der Waals surface area contributed by atoms with Crippen LogP contribution in [0.1, 0.15) is 45.7 Å². The molecule has 0 saturated carbocycles. The topological polar surface area (TPSA) is 118 Å². The van der Waals surface area contributed by atoms with E-state index in [1.165, 1.54) is 24.3 Å². The van der Waals surface area contributed by atoms with Crippen LogP contribution in [0.3, 0.4) is 0 Å². The molecule has 38 heavy (non-hydrogen) atoms. The Morgan fingerprint density at radius 1 is 0.921 bits per heavy atom. The largest absolute Gasteiger partial charge is 0.744 e. The molecule has 4 rings (SSSR count). The van der Waals surface area contributed by atoms with E-state index in [1.54, 1.807) is 12.1 Å². The molecule has 10 heteroatoms. The van der Waals surface area contributed by atoms with Crippen molar-refractivity contribution in [3.8, 4) is 0 Å². The van der Waals surface area contributed by atoms with Gasteiger partial charge in [-0.15, -0.1) is 0 Å². The van der Waals surface area contributed by atoms with Crippen molar-refractivity contribution in [3.05, 3.63) is 83.6 Å². The molecule has 0 amide bonds. The molecule has 202 valence electrons. The molecule has 2 aliphatic heterocycles. The van der Waals surface area contributed by atoms with E-state index in [2.05, 4.69) is 4.90 Å². The summed E-state index contributed by atoms with van der Waals surface area (Å²) >= 11 is 0. The van der Waals surface area contributed by atoms with Crippen LogP contribution in [0.15, 0.2) is 82.3 Å². The monoisotopic (exact) mass is 556 g/mol. The quantitative estimate of drug-likeness (QED) is 0.312. The zero-order valence-electron chi connectivity index (χ0n) is 22.3. The fourth-order valence-corrected chi connectivity index (χ4v) is 6.49. The maximum Gasteiger partial charge on any atom is 0.294 e. The fourth-order valence-electron chi connectivity index (χ4n) is 5.48. The van der Waals surface area contributed by atoms with E-state index < -0.39 is 31.1 Å². The first-order valence-electron chi connectivity index (χ1n) is 12.2. The van der Waals surface area contributed by atoms with Gasteiger partial charge in [-0.05, 0) is 62.7 Å². The number of allylic oxidation sites excluding steroid dienone is 6. The van der Waals surface area contributed by atoms with Crippen LogP contribution in [-0.2, 0) is 31.1 Å². The number of anilines is 1. The number of hydrogen-bond donors (Lipinski definition) is 1. The van der Waals surface area contributed by atoms with E-state index in [0.29, 0.717) is 6.54 Å². The maximum absolute atomic E-state index is 11.6. The lowest BCUT2D eigenvalue weighted by Gasteiger charge is -2.25. The summed E-state index contributed by atoms with van der Waals surface area (Å²) in [5.41, 5.74) is 4.31. The van der Waals surface area contributed by atoms with Gasteiger partial charge < -0.3 is 9.45 Å². The Labute approximate surface area is 224 Å². The Balaban J connectivity index is 1.62. The molecule has 0 aromatic heterocycles. The third kappa shape index (κ3) is 4.66. The Morgan fingerprint density at radius 2 is 1.55 bits per heavy atom. The van der Waals surface area contributed by atoms with Crippen molar-refractivity contribution in [2.45, 2.75) is 55.2 Å². The van der Waals surface area contributed by atoms with Crippen molar-refractivity contribution in [3.63, 3.8) is 0 Å². The lowest BCUT2D eigenvalue weighted by molar-refractivity contribution is -0.401. The van der Waals surface area contributed by atoms with Gasteiger partial charge in [-0.1, -0.05) is 32.1 Å². The van der Waals surface area contributed by atoms with Crippen LogP contribution in [0.25, 0.3) is 0 Å². The highest BCUT2D eigenvalue weighted by Crippen LogP contribution is 2.48. The Bertz CT molecular complexity index is 1660. The van der Waals surface area contributed by atoms with E-state index in [4.69, 9.17) is 0 Å². The average Bonchev–Trinajstić information content (AvgIpc) is 3.15. The minimum atomic E-state index is -4.55. The summed E-state index contributed by atoms with van der Waals surface area (Å²) in [6.07, 6.45) is 9.68. The van der Waals surface area contributed by atoms with Crippen LogP contribution in [0.5, 0.6) is 0 Å². The molecule has 0 atom stereocenters. The summed E-state index contributed by atoms with van der Waals surface area (Å²) in [7, 11) is -6.94. The van der Waals surface area contributed by atoms with Gasteiger partial charge in [-0.3, -0.25) is 4.55 Å². The van der Waals surface area contributed by atoms with Crippen molar-refractivity contribution < 1.29 is 30.5 Å². The Kier molecular flexibility index (Phi) is 6.85. The van der Waals surface area contributed by atoms with Gasteiger partial charge in [0.2, 0.25) is 5.69 Å². The van der Waals surface area contributed by atoms with Crippen LogP contribution in [0.4, 0.5) is 11.4 Å². The first kappa shape index (κ1) is 28.0. The van der Waals surface area contributed by atoms with Crippen molar-refractivity contribution >= 4 is 37.3 Å². The molecule has 2 aromatic carbocycles. The van der Waals surface area contributed by atoms with E-state index in [0.717, 1.165) is 33.9 Å². The standard InChI is InChI=1S/C28H32N2O6S2/c1-7-30-24-16-14-20(38(34,35)36)18-22(24)28(4,5)26(30)12-10-8-9-11-25-27(2,3)21-17-19(37(31,32)33)13-15-23(21)29(25)6/h8-18H,7H2,1-6H3,(H-,31,32,33,34,35,36). The normalized spacial score (nSPS) is 19.7. The third-order valence-corrected chi connectivity index (χ3v) is 9.18. The van der Waals surface area contributed by atoms with Gasteiger partial charge in [0.05, 0.1) is 15.2 Å². The van der Waals surface area contributed by atoms with Gasteiger partial charge in [0.1, 0.15) is 17.2 Å². The van der Waals surface area contributed by atoms with Gasteiger partial charge in [-0.25, -0.2) is 8.42 Å². The van der Waals surface area contributed by atoms with E-state index >= 15 is 0 Å². The van der Waals surface area contributed by atoms with Gasteiger partial charge >= 0.3 is 0 Å². The van der Waals surface area contributed by atoms with Crippen molar-refractivity contribution in [2.75, 3.05) is 18.5 Å². The summed E-state index contributed by atoms with van der Waals surface area (Å²) in [6.45, 7) is 10.7. The van der Waals surface area contributed by atoms with Crippen molar-refractivity contribution in [1.29, 1.82) is 0 Å². The van der Waals surface area contributed by atoms with Crippen LogP contribution in [0.2, 0.25) is 0 Å². The van der Waals surface area contributed by atoms with Crippen molar-refractivity contribution in [2.24, 2.45) is 0 Å². The number of benzene rings is 2. The van der Waals surface area contributed by atoms with Gasteiger partial charge in [0.25, 0.3) is 10.1 Å². The molecular formula is C28H32N2O6S2. The zero-order chi connectivity index (χ0) is 28.3. The summed E-state index contributed by atoms with van der Waals surface area (Å²) in [5, 5.41) is 0. The number of likely N-dealkylation sites (N-methyl/N-ethyl adjacent to an activating group) is 1. The van der Waals surface area contributed by atoms with Crippen LogP contribution in [-0.4, -0.2) is 49.8 Å². The van der Waals surface area contributed by atoms with Gasteiger partial charge in [0, 0.05) is 41.1 Å². The Hall–Kier alpha value is -3.05. The molecule has 0 aliphatic carbocycles. The summed E-state index contributed by atoms with van der Waals surface area (Å²) < 4.78 is 69.5. The lowest BCUT2D eigenvalue weighted by atomic mass is 9.81. The number of hydrogen-bond acceptors (Lipinski definition) is 6. The maximum atomic E-state index is 11.6. The average molecular weight is 557 g/mol. The van der Waals surface area contributed by atoms with E-state index in [-0.39, 0.29) is 9.79 Å². The highest BCUT2D eigenvalue weighted by atomic mass is 32.2. The summed E-state index contributed by atoms with van der Waals surface area (Å²) in [6, 6.07) is 9.14. The molecule has 0 fully saturated rings. The highest BCUT2D eigenvalue weighted by Gasteiger charge is 2.43. The number of fused-ring (bicyclic) bond motifs is 2. The smallest absolute Gasteiger partial charge is 0.294 e. The molecule has 8 nitrogen and oxygen atoms in total. The predicted octanol–water partition coefficient (Wildman–Crippen LogP) is 4.66. The SMILES string of the molecule is CCN1/C(=C/C=C/C=C/C2=[N+](C)c3ccc(S(=O)(=O)O)cc3C2(C)C)C(C)(C)c2cc(S(=O)(=O)[O-])ccc21. The molecule has 2 aliphatic rings. The summed E-state index contributed by atoms with van der Waals surface area (Å²) in [5.74, 6) is 0. The van der Waals surface area contributed by atoms with Gasteiger partial charge in [-0.2, -0.15) is 13.0 Å². The second-order valence-corrected chi connectivity index (χ2v) is 13.3. The van der Waals surface area contributed by atoms with Crippen LogP contribution >= 0.6 is 0 Å². The molecular weight excluding hydrogens is 524 g/mol. The summed E-state index contributed by atoms with van der Waals surface area (Å²) in [4.78, 5) is 1.75. The molecule has 0 radical (unpaired) electrons. The molecule has 0 saturated heterocycles. The molecule has 0 spiro atoms. The lowest BCUT2D eigenvalue weighted by Crippen LogP contribution is -2.26. The minimum Gasteiger partial charge on any atom is -0.744 e. The molecule has 0 unspecified atom stereocenters. The second kappa shape index (κ2) is 9.30. The molecule has 2 heterocycles. The third-order valence-electron chi connectivity index (χ3n) is 7.50. The number of rotatable bonds is 6. The zero-order valence-corrected chi connectivity index (χ0v) is 23.9. The first-order chi connectivity index (χ1) is 17.5. The van der Waals surface area contributed by atoms with E-state index in [1.807, 2.05) is 76.6 Å². The molecule has 0 bridgehead atoms. The van der Waals surface area contributed by atoms with Crippen molar-refractivity contribution in [1.82, 2.24) is 0 Å².